The Bertz CT molecular complexity index is 536. The number of hydrogen-bond donors (Lipinski definition) is 1. The number of rotatable bonds is 4. The summed E-state index contributed by atoms with van der Waals surface area (Å²) in [6.45, 7) is 4.74. The van der Waals surface area contributed by atoms with Crippen LogP contribution in [-0.2, 0) is 13.0 Å². The summed E-state index contributed by atoms with van der Waals surface area (Å²) in [5.74, 6) is -0.382. The Hall–Kier alpha value is -1.75. The van der Waals surface area contributed by atoms with E-state index in [2.05, 4.69) is 10.1 Å². The molecule has 0 aliphatic heterocycles. The van der Waals surface area contributed by atoms with E-state index in [0.717, 1.165) is 24.4 Å². The SMILES string of the molecule is CCc1cc(C(N)c2ccncc2F)n(CC)n1. The van der Waals surface area contributed by atoms with Gasteiger partial charge in [-0.25, -0.2) is 4.39 Å². The van der Waals surface area contributed by atoms with E-state index < -0.39 is 6.04 Å². The summed E-state index contributed by atoms with van der Waals surface area (Å²) in [6, 6.07) is 3.04. The molecule has 0 bridgehead atoms. The summed E-state index contributed by atoms with van der Waals surface area (Å²) in [5.41, 5.74) is 8.38. The summed E-state index contributed by atoms with van der Waals surface area (Å²) in [4.78, 5) is 3.73. The number of pyridine rings is 1. The van der Waals surface area contributed by atoms with Crippen molar-refractivity contribution in [1.82, 2.24) is 14.8 Å². The van der Waals surface area contributed by atoms with Gasteiger partial charge >= 0.3 is 0 Å². The minimum Gasteiger partial charge on any atom is -0.319 e. The molecule has 1 unspecified atom stereocenters. The second-order valence-electron chi connectivity index (χ2n) is 4.10. The Labute approximate surface area is 106 Å². The van der Waals surface area contributed by atoms with Crippen molar-refractivity contribution in [2.75, 3.05) is 0 Å². The summed E-state index contributed by atoms with van der Waals surface area (Å²) in [5, 5.41) is 4.42. The van der Waals surface area contributed by atoms with Crippen molar-refractivity contribution in [3.05, 3.63) is 47.3 Å². The van der Waals surface area contributed by atoms with Crippen LogP contribution in [0, 0.1) is 5.82 Å². The third-order valence-corrected chi connectivity index (χ3v) is 2.98. The topological polar surface area (TPSA) is 56.7 Å². The molecular weight excluding hydrogens is 231 g/mol. The normalized spacial score (nSPS) is 12.7. The maximum absolute atomic E-state index is 13.7. The van der Waals surface area contributed by atoms with E-state index >= 15 is 0 Å². The molecule has 0 fully saturated rings. The van der Waals surface area contributed by atoms with Crippen molar-refractivity contribution in [3.63, 3.8) is 0 Å². The summed E-state index contributed by atoms with van der Waals surface area (Å²) in [6.07, 6.45) is 3.57. The highest BCUT2D eigenvalue weighted by Gasteiger charge is 2.18. The molecule has 0 amide bonds. The molecule has 0 spiro atoms. The lowest BCUT2D eigenvalue weighted by molar-refractivity contribution is 0.562. The van der Waals surface area contributed by atoms with Gasteiger partial charge in [-0.05, 0) is 25.5 Å². The van der Waals surface area contributed by atoms with Gasteiger partial charge in [0.15, 0.2) is 0 Å². The first-order chi connectivity index (χ1) is 8.67. The van der Waals surface area contributed by atoms with Crippen molar-refractivity contribution in [1.29, 1.82) is 0 Å². The zero-order chi connectivity index (χ0) is 13.1. The van der Waals surface area contributed by atoms with Crippen LogP contribution in [0.15, 0.2) is 24.5 Å². The van der Waals surface area contributed by atoms with Gasteiger partial charge in [-0.3, -0.25) is 9.67 Å². The van der Waals surface area contributed by atoms with Crippen LogP contribution in [0.2, 0.25) is 0 Å². The molecule has 2 rings (SSSR count). The zero-order valence-electron chi connectivity index (χ0n) is 10.6. The predicted octanol–water partition coefficient (Wildman–Crippen LogP) is 2.05. The van der Waals surface area contributed by atoms with Gasteiger partial charge in [0, 0.05) is 18.3 Å². The molecule has 0 saturated heterocycles. The zero-order valence-corrected chi connectivity index (χ0v) is 10.6. The van der Waals surface area contributed by atoms with Crippen molar-refractivity contribution >= 4 is 0 Å². The van der Waals surface area contributed by atoms with Crippen molar-refractivity contribution in [2.24, 2.45) is 5.73 Å². The number of aryl methyl sites for hydroxylation is 2. The van der Waals surface area contributed by atoms with E-state index in [4.69, 9.17) is 5.73 Å². The second kappa shape index (κ2) is 5.27. The fraction of sp³-hybridized carbons (Fsp3) is 0.385. The van der Waals surface area contributed by atoms with Crippen LogP contribution >= 0.6 is 0 Å². The standard InChI is InChI=1S/C13H17FN4/c1-3-9-7-12(18(4-2)17-9)13(15)10-5-6-16-8-11(10)14/h5-8,13H,3-4,15H2,1-2H3. The second-order valence-corrected chi connectivity index (χ2v) is 4.10. The molecule has 18 heavy (non-hydrogen) atoms. The molecule has 96 valence electrons. The Kier molecular flexibility index (Phi) is 3.72. The number of aromatic nitrogens is 3. The predicted molar refractivity (Wildman–Crippen MR) is 67.5 cm³/mol. The van der Waals surface area contributed by atoms with Gasteiger partial charge in [-0.2, -0.15) is 5.10 Å². The molecule has 0 aliphatic rings. The van der Waals surface area contributed by atoms with E-state index in [9.17, 15) is 4.39 Å². The fourth-order valence-corrected chi connectivity index (χ4v) is 1.96. The Morgan fingerprint density at radius 2 is 2.22 bits per heavy atom. The first kappa shape index (κ1) is 12.7. The van der Waals surface area contributed by atoms with E-state index in [0.29, 0.717) is 5.56 Å². The Morgan fingerprint density at radius 1 is 1.44 bits per heavy atom. The van der Waals surface area contributed by atoms with Gasteiger partial charge in [-0.1, -0.05) is 6.92 Å². The van der Waals surface area contributed by atoms with Gasteiger partial charge in [-0.15, -0.1) is 0 Å². The molecule has 0 aliphatic carbocycles. The Morgan fingerprint density at radius 3 is 2.83 bits per heavy atom. The number of hydrogen-bond acceptors (Lipinski definition) is 3. The van der Waals surface area contributed by atoms with E-state index in [-0.39, 0.29) is 5.82 Å². The van der Waals surface area contributed by atoms with Gasteiger partial charge in [0.2, 0.25) is 0 Å². The molecule has 4 nitrogen and oxygen atoms in total. The average Bonchev–Trinajstić information content (AvgIpc) is 2.82. The van der Waals surface area contributed by atoms with Gasteiger partial charge in [0.05, 0.1) is 23.6 Å². The minimum atomic E-state index is -0.513. The van der Waals surface area contributed by atoms with E-state index in [1.807, 2.05) is 24.6 Å². The summed E-state index contributed by atoms with van der Waals surface area (Å²) in [7, 11) is 0. The van der Waals surface area contributed by atoms with Crippen molar-refractivity contribution < 1.29 is 4.39 Å². The number of nitrogens with zero attached hydrogens (tertiary/aromatic N) is 3. The molecule has 0 aromatic carbocycles. The number of nitrogens with two attached hydrogens (primary N) is 1. The van der Waals surface area contributed by atoms with Crippen LogP contribution in [0.25, 0.3) is 0 Å². The molecule has 0 saturated carbocycles. The molecular formula is C13H17FN4. The lowest BCUT2D eigenvalue weighted by atomic mass is 10.1. The smallest absolute Gasteiger partial charge is 0.146 e. The van der Waals surface area contributed by atoms with E-state index in [1.165, 1.54) is 6.20 Å². The monoisotopic (exact) mass is 248 g/mol. The molecule has 2 aromatic rings. The van der Waals surface area contributed by atoms with Crippen LogP contribution in [0.4, 0.5) is 4.39 Å². The Balaban J connectivity index is 2.42. The maximum atomic E-state index is 13.7. The highest BCUT2D eigenvalue weighted by Crippen LogP contribution is 2.22. The molecule has 1 atom stereocenters. The fourth-order valence-electron chi connectivity index (χ4n) is 1.96. The first-order valence-corrected chi connectivity index (χ1v) is 6.09. The highest BCUT2D eigenvalue weighted by molar-refractivity contribution is 5.28. The van der Waals surface area contributed by atoms with Gasteiger partial charge < -0.3 is 5.73 Å². The van der Waals surface area contributed by atoms with Crippen LogP contribution in [0.3, 0.4) is 0 Å². The van der Waals surface area contributed by atoms with Crippen molar-refractivity contribution in [3.8, 4) is 0 Å². The lowest BCUT2D eigenvalue weighted by Gasteiger charge is -2.13. The van der Waals surface area contributed by atoms with Crippen LogP contribution < -0.4 is 5.73 Å². The molecule has 2 N–H and O–H groups in total. The molecule has 2 heterocycles. The van der Waals surface area contributed by atoms with E-state index in [1.54, 1.807) is 12.3 Å². The lowest BCUT2D eigenvalue weighted by Crippen LogP contribution is -2.18. The third kappa shape index (κ3) is 2.26. The summed E-state index contributed by atoms with van der Waals surface area (Å²) >= 11 is 0. The maximum Gasteiger partial charge on any atom is 0.146 e. The molecule has 2 aromatic heterocycles. The van der Waals surface area contributed by atoms with Crippen LogP contribution in [-0.4, -0.2) is 14.8 Å². The molecule has 5 heteroatoms. The van der Waals surface area contributed by atoms with Gasteiger partial charge in [0.25, 0.3) is 0 Å². The molecule has 0 radical (unpaired) electrons. The minimum absolute atomic E-state index is 0.382. The largest absolute Gasteiger partial charge is 0.319 e. The number of halogens is 1. The first-order valence-electron chi connectivity index (χ1n) is 6.09. The van der Waals surface area contributed by atoms with Crippen LogP contribution in [0.1, 0.15) is 36.8 Å². The average molecular weight is 248 g/mol. The third-order valence-electron chi connectivity index (χ3n) is 2.98. The summed E-state index contributed by atoms with van der Waals surface area (Å²) < 4.78 is 15.5. The van der Waals surface area contributed by atoms with Crippen LogP contribution in [0.5, 0.6) is 0 Å². The quantitative estimate of drug-likeness (QED) is 0.901. The van der Waals surface area contributed by atoms with Gasteiger partial charge in [0.1, 0.15) is 5.82 Å². The highest BCUT2D eigenvalue weighted by atomic mass is 19.1. The van der Waals surface area contributed by atoms with Crippen molar-refractivity contribution in [2.45, 2.75) is 32.9 Å².